The Kier molecular flexibility index (Phi) is 5.20. The Balaban J connectivity index is 2.13. The summed E-state index contributed by atoms with van der Waals surface area (Å²) >= 11 is 0. The largest absolute Gasteiger partial charge is 0.333 e. The highest BCUT2D eigenvalue weighted by Gasteiger charge is 2.16. The predicted molar refractivity (Wildman–Crippen MR) is 76.9 cm³/mol. The first kappa shape index (κ1) is 14.1. The van der Waals surface area contributed by atoms with Crippen LogP contribution in [0, 0.1) is 0 Å². The lowest BCUT2D eigenvalue weighted by molar-refractivity contribution is 0.0736. The number of carbonyl (C=O) groups excluding carboxylic acids is 1. The summed E-state index contributed by atoms with van der Waals surface area (Å²) in [6.45, 7) is 1.68. The Morgan fingerprint density at radius 1 is 1.20 bits per heavy atom. The summed E-state index contributed by atoms with van der Waals surface area (Å²) in [7, 11) is 0. The highest BCUT2D eigenvalue weighted by molar-refractivity contribution is 5.92. The van der Waals surface area contributed by atoms with Gasteiger partial charge in [-0.3, -0.25) is 14.8 Å². The zero-order valence-corrected chi connectivity index (χ0v) is 11.3. The first-order chi connectivity index (χ1) is 9.81. The molecule has 0 saturated carbocycles. The Hall–Kier alpha value is -2.27. The molecule has 5 nitrogen and oxygen atoms in total. The van der Waals surface area contributed by atoms with Gasteiger partial charge in [-0.2, -0.15) is 0 Å². The number of nitrogens with two attached hydrogens (primary N) is 1. The second kappa shape index (κ2) is 7.35. The molecule has 0 unspecified atom stereocenters. The number of pyridine rings is 2. The highest BCUT2D eigenvalue weighted by atomic mass is 16.2. The van der Waals surface area contributed by atoms with Gasteiger partial charge in [0.25, 0.3) is 5.91 Å². The van der Waals surface area contributed by atoms with Gasteiger partial charge in [-0.1, -0.05) is 12.1 Å². The van der Waals surface area contributed by atoms with E-state index >= 15 is 0 Å². The van der Waals surface area contributed by atoms with E-state index in [2.05, 4.69) is 9.97 Å². The topological polar surface area (TPSA) is 72.1 Å². The van der Waals surface area contributed by atoms with Crippen LogP contribution in [0.1, 0.15) is 22.5 Å². The van der Waals surface area contributed by atoms with Crippen LogP contribution in [-0.4, -0.2) is 33.9 Å². The SMILES string of the molecule is NCCCN(Cc1cccnc1)C(=O)c1ccccn1. The van der Waals surface area contributed by atoms with Gasteiger partial charge in [-0.05, 0) is 36.7 Å². The van der Waals surface area contributed by atoms with Crippen molar-refractivity contribution in [3.05, 3.63) is 60.2 Å². The highest BCUT2D eigenvalue weighted by Crippen LogP contribution is 2.08. The first-order valence-electron chi connectivity index (χ1n) is 6.60. The molecular weight excluding hydrogens is 252 g/mol. The molecule has 0 aliphatic rings. The summed E-state index contributed by atoms with van der Waals surface area (Å²) in [5.41, 5.74) is 6.99. The first-order valence-corrected chi connectivity index (χ1v) is 6.60. The van der Waals surface area contributed by atoms with Crippen LogP contribution >= 0.6 is 0 Å². The number of rotatable bonds is 6. The standard InChI is InChI=1S/C15H18N4O/c16-7-4-10-19(12-13-5-3-8-17-11-13)15(20)14-6-1-2-9-18-14/h1-3,5-6,8-9,11H,4,7,10,12,16H2. The molecule has 104 valence electrons. The Morgan fingerprint density at radius 3 is 2.75 bits per heavy atom. The molecule has 2 aromatic rings. The minimum absolute atomic E-state index is 0.0806. The average Bonchev–Trinajstić information content (AvgIpc) is 2.52. The molecule has 0 fully saturated rings. The zero-order valence-electron chi connectivity index (χ0n) is 11.3. The fourth-order valence-electron chi connectivity index (χ4n) is 1.90. The number of carbonyl (C=O) groups is 1. The quantitative estimate of drug-likeness (QED) is 0.862. The van der Waals surface area contributed by atoms with Crippen LogP contribution in [0.4, 0.5) is 0 Å². The van der Waals surface area contributed by atoms with Crippen LogP contribution in [-0.2, 0) is 6.54 Å². The molecule has 2 N–H and O–H groups in total. The van der Waals surface area contributed by atoms with Crippen molar-refractivity contribution in [2.24, 2.45) is 5.73 Å². The van der Waals surface area contributed by atoms with Gasteiger partial charge in [0, 0.05) is 31.7 Å². The molecule has 5 heteroatoms. The zero-order chi connectivity index (χ0) is 14.2. The van der Waals surface area contributed by atoms with E-state index < -0.39 is 0 Å². The molecule has 0 aromatic carbocycles. The molecule has 2 aromatic heterocycles. The average molecular weight is 270 g/mol. The van der Waals surface area contributed by atoms with Crippen molar-refractivity contribution < 1.29 is 4.79 Å². The maximum Gasteiger partial charge on any atom is 0.272 e. The molecular formula is C15H18N4O. The van der Waals surface area contributed by atoms with E-state index in [4.69, 9.17) is 5.73 Å². The maximum atomic E-state index is 12.5. The molecule has 0 spiro atoms. The number of hydrogen-bond donors (Lipinski definition) is 1. The lowest BCUT2D eigenvalue weighted by Gasteiger charge is -2.22. The summed E-state index contributed by atoms with van der Waals surface area (Å²) in [4.78, 5) is 22.4. The van der Waals surface area contributed by atoms with Crippen molar-refractivity contribution in [1.82, 2.24) is 14.9 Å². The summed E-state index contributed by atoms with van der Waals surface area (Å²) < 4.78 is 0. The van der Waals surface area contributed by atoms with Crippen LogP contribution in [0.25, 0.3) is 0 Å². The molecule has 1 amide bonds. The van der Waals surface area contributed by atoms with Gasteiger partial charge in [-0.25, -0.2) is 0 Å². The van der Waals surface area contributed by atoms with E-state index in [-0.39, 0.29) is 5.91 Å². The molecule has 0 aliphatic heterocycles. The van der Waals surface area contributed by atoms with Gasteiger partial charge in [-0.15, -0.1) is 0 Å². The smallest absolute Gasteiger partial charge is 0.272 e. The molecule has 20 heavy (non-hydrogen) atoms. The maximum absolute atomic E-state index is 12.5. The van der Waals surface area contributed by atoms with Crippen molar-refractivity contribution in [3.8, 4) is 0 Å². The minimum Gasteiger partial charge on any atom is -0.333 e. The molecule has 0 aliphatic carbocycles. The summed E-state index contributed by atoms with van der Waals surface area (Å²) in [6, 6.07) is 9.14. The van der Waals surface area contributed by atoms with Crippen molar-refractivity contribution >= 4 is 5.91 Å². The molecule has 0 atom stereocenters. The Morgan fingerprint density at radius 2 is 2.10 bits per heavy atom. The lowest BCUT2D eigenvalue weighted by atomic mass is 10.2. The third kappa shape index (κ3) is 3.86. The van der Waals surface area contributed by atoms with E-state index in [1.165, 1.54) is 0 Å². The van der Waals surface area contributed by atoms with Crippen LogP contribution in [0.2, 0.25) is 0 Å². The van der Waals surface area contributed by atoms with Crippen LogP contribution in [0.3, 0.4) is 0 Å². The predicted octanol–water partition coefficient (Wildman–Crippen LogP) is 1.47. The van der Waals surface area contributed by atoms with E-state index in [1.54, 1.807) is 35.6 Å². The Bertz CT molecular complexity index is 530. The summed E-state index contributed by atoms with van der Waals surface area (Å²) in [5, 5.41) is 0. The third-order valence-corrected chi connectivity index (χ3v) is 2.90. The van der Waals surface area contributed by atoms with Crippen LogP contribution in [0.5, 0.6) is 0 Å². The fraction of sp³-hybridized carbons (Fsp3) is 0.267. The van der Waals surface area contributed by atoms with Crippen molar-refractivity contribution in [2.75, 3.05) is 13.1 Å². The lowest BCUT2D eigenvalue weighted by Crippen LogP contribution is -2.33. The second-order valence-electron chi connectivity index (χ2n) is 4.45. The number of amides is 1. The van der Waals surface area contributed by atoms with E-state index in [0.29, 0.717) is 25.3 Å². The van der Waals surface area contributed by atoms with Gasteiger partial charge in [0.15, 0.2) is 0 Å². The Labute approximate surface area is 118 Å². The molecule has 0 bridgehead atoms. The van der Waals surface area contributed by atoms with Gasteiger partial charge < -0.3 is 10.6 Å². The second-order valence-corrected chi connectivity index (χ2v) is 4.45. The minimum atomic E-state index is -0.0806. The van der Waals surface area contributed by atoms with Gasteiger partial charge in [0.2, 0.25) is 0 Å². The third-order valence-electron chi connectivity index (χ3n) is 2.90. The molecule has 2 heterocycles. The van der Waals surface area contributed by atoms with Crippen molar-refractivity contribution in [2.45, 2.75) is 13.0 Å². The van der Waals surface area contributed by atoms with E-state index in [9.17, 15) is 4.79 Å². The molecule has 2 rings (SSSR count). The number of nitrogens with zero attached hydrogens (tertiary/aromatic N) is 3. The number of hydrogen-bond acceptors (Lipinski definition) is 4. The van der Waals surface area contributed by atoms with Gasteiger partial charge >= 0.3 is 0 Å². The monoisotopic (exact) mass is 270 g/mol. The summed E-state index contributed by atoms with van der Waals surface area (Å²) in [5.74, 6) is -0.0806. The normalized spacial score (nSPS) is 10.2. The van der Waals surface area contributed by atoms with Gasteiger partial charge in [0.1, 0.15) is 5.69 Å². The van der Waals surface area contributed by atoms with Crippen molar-refractivity contribution in [1.29, 1.82) is 0 Å². The van der Waals surface area contributed by atoms with Crippen LogP contribution < -0.4 is 5.73 Å². The molecule has 0 saturated heterocycles. The van der Waals surface area contributed by atoms with Gasteiger partial charge in [0.05, 0.1) is 0 Å². The van der Waals surface area contributed by atoms with E-state index in [0.717, 1.165) is 12.0 Å². The van der Waals surface area contributed by atoms with Crippen LogP contribution in [0.15, 0.2) is 48.9 Å². The molecule has 0 radical (unpaired) electrons. The fourth-order valence-corrected chi connectivity index (χ4v) is 1.90. The van der Waals surface area contributed by atoms with E-state index in [1.807, 2.05) is 18.2 Å². The summed E-state index contributed by atoms with van der Waals surface area (Å²) in [6.07, 6.45) is 5.87. The number of aromatic nitrogens is 2. The van der Waals surface area contributed by atoms with Crippen molar-refractivity contribution in [3.63, 3.8) is 0 Å².